The summed E-state index contributed by atoms with van der Waals surface area (Å²) in [6, 6.07) is 8.01. The Hall–Kier alpha value is -1.55. The van der Waals surface area contributed by atoms with E-state index in [2.05, 4.69) is 13.8 Å². The number of ether oxygens (including phenoxy) is 2. The lowest BCUT2D eigenvalue weighted by Gasteiger charge is -2.38. The first-order valence-electron chi connectivity index (χ1n) is 7.56. The van der Waals surface area contributed by atoms with Crippen molar-refractivity contribution in [2.45, 2.75) is 39.3 Å². The Morgan fingerprint density at radius 1 is 1.38 bits per heavy atom. The molecule has 0 radical (unpaired) electrons. The SMILES string of the molecule is COc1ccc(C2CN(C(=O)CC(C)C)C(C)CO2)cc1. The monoisotopic (exact) mass is 291 g/mol. The first-order chi connectivity index (χ1) is 10.0. The normalized spacial score (nSPS) is 22.4. The van der Waals surface area contributed by atoms with Gasteiger partial charge in [-0.15, -0.1) is 0 Å². The first kappa shape index (κ1) is 15.8. The molecule has 116 valence electrons. The molecule has 1 aromatic rings. The van der Waals surface area contributed by atoms with Gasteiger partial charge in [-0.05, 0) is 30.5 Å². The molecule has 2 atom stereocenters. The number of hydrogen-bond acceptors (Lipinski definition) is 3. The molecule has 1 saturated heterocycles. The van der Waals surface area contributed by atoms with Gasteiger partial charge in [-0.1, -0.05) is 26.0 Å². The predicted octanol–water partition coefficient (Wildman–Crippen LogP) is 3.03. The molecule has 0 saturated carbocycles. The van der Waals surface area contributed by atoms with E-state index in [0.29, 0.717) is 25.5 Å². The molecule has 2 rings (SSSR count). The zero-order chi connectivity index (χ0) is 15.4. The summed E-state index contributed by atoms with van der Waals surface area (Å²) in [6.07, 6.45) is 0.544. The van der Waals surface area contributed by atoms with Crippen LogP contribution in [-0.4, -0.2) is 37.1 Å². The standard InChI is InChI=1S/C17H25NO3/c1-12(2)9-17(19)18-10-16(21-11-13(18)3)14-5-7-15(20-4)8-6-14/h5-8,12-13,16H,9-11H2,1-4H3. The van der Waals surface area contributed by atoms with Crippen LogP contribution in [0.25, 0.3) is 0 Å². The van der Waals surface area contributed by atoms with Gasteiger partial charge in [-0.3, -0.25) is 4.79 Å². The number of rotatable bonds is 4. The Kier molecular flexibility index (Phi) is 5.23. The topological polar surface area (TPSA) is 38.8 Å². The Morgan fingerprint density at radius 3 is 2.62 bits per heavy atom. The van der Waals surface area contributed by atoms with Gasteiger partial charge in [0.2, 0.25) is 5.91 Å². The molecule has 0 N–H and O–H groups in total. The van der Waals surface area contributed by atoms with E-state index in [4.69, 9.17) is 9.47 Å². The Bertz CT molecular complexity index is 469. The van der Waals surface area contributed by atoms with E-state index in [1.54, 1.807) is 7.11 Å². The number of carbonyl (C=O) groups excluding carboxylic acids is 1. The van der Waals surface area contributed by atoms with Crippen molar-refractivity contribution in [2.75, 3.05) is 20.3 Å². The molecule has 2 unspecified atom stereocenters. The summed E-state index contributed by atoms with van der Waals surface area (Å²) < 4.78 is 11.1. The third-order valence-corrected chi connectivity index (χ3v) is 3.82. The van der Waals surface area contributed by atoms with E-state index < -0.39 is 0 Å². The van der Waals surface area contributed by atoms with Gasteiger partial charge in [0.25, 0.3) is 0 Å². The lowest BCUT2D eigenvalue weighted by atomic mass is 10.0. The summed E-state index contributed by atoms with van der Waals surface area (Å²) in [5.74, 6) is 1.43. The van der Waals surface area contributed by atoms with Crippen LogP contribution in [0.5, 0.6) is 5.75 Å². The predicted molar refractivity (Wildman–Crippen MR) is 82.3 cm³/mol. The van der Waals surface area contributed by atoms with Crippen molar-refractivity contribution in [3.8, 4) is 5.75 Å². The summed E-state index contributed by atoms with van der Waals surface area (Å²) in [5, 5.41) is 0. The van der Waals surface area contributed by atoms with Gasteiger partial charge in [0.15, 0.2) is 0 Å². The van der Waals surface area contributed by atoms with Gasteiger partial charge in [0.1, 0.15) is 11.9 Å². The summed E-state index contributed by atoms with van der Waals surface area (Å²) in [6.45, 7) is 7.40. The van der Waals surface area contributed by atoms with Crippen LogP contribution in [0.2, 0.25) is 0 Å². The number of carbonyl (C=O) groups is 1. The number of nitrogens with zero attached hydrogens (tertiary/aromatic N) is 1. The number of amides is 1. The molecule has 0 spiro atoms. The second-order valence-electron chi connectivity index (χ2n) is 6.09. The average Bonchev–Trinajstić information content (AvgIpc) is 2.47. The lowest BCUT2D eigenvalue weighted by Crippen LogP contribution is -2.48. The van der Waals surface area contributed by atoms with Crippen LogP contribution in [-0.2, 0) is 9.53 Å². The lowest BCUT2D eigenvalue weighted by molar-refractivity contribution is -0.145. The largest absolute Gasteiger partial charge is 0.497 e. The van der Waals surface area contributed by atoms with Crippen molar-refractivity contribution < 1.29 is 14.3 Å². The van der Waals surface area contributed by atoms with Gasteiger partial charge in [0.05, 0.1) is 26.3 Å². The molecule has 4 heteroatoms. The zero-order valence-electron chi connectivity index (χ0n) is 13.3. The van der Waals surface area contributed by atoms with E-state index in [1.807, 2.05) is 36.1 Å². The maximum atomic E-state index is 12.3. The highest BCUT2D eigenvalue weighted by molar-refractivity contribution is 5.76. The Morgan fingerprint density at radius 2 is 2.05 bits per heavy atom. The molecule has 0 aliphatic carbocycles. The highest BCUT2D eigenvalue weighted by Crippen LogP contribution is 2.27. The fraction of sp³-hybridized carbons (Fsp3) is 0.588. The summed E-state index contributed by atoms with van der Waals surface area (Å²) in [4.78, 5) is 14.3. The highest BCUT2D eigenvalue weighted by atomic mass is 16.5. The zero-order valence-corrected chi connectivity index (χ0v) is 13.3. The molecule has 0 bridgehead atoms. The first-order valence-corrected chi connectivity index (χ1v) is 7.56. The summed E-state index contributed by atoms with van der Waals surface area (Å²) >= 11 is 0. The van der Waals surface area contributed by atoms with Gasteiger partial charge in [-0.2, -0.15) is 0 Å². The second kappa shape index (κ2) is 6.94. The molecule has 1 aliphatic heterocycles. The van der Waals surface area contributed by atoms with Crippen LogP contribution in [0.3, 0.4) is 0 Å². The minimum Gasteiger partial charge on any atom is -0.497 e. The third-order valence-electron chi connectivity index (χ3n) is 3.82. The van der Waals surface area contributed by atoms with Crippen LogP contribution >= 0.6 is 0 Å². The molecule has 21 heavy (non-hydrogen) atoms. The van der Waals surface area contributed by atoms with Crippen LogP contribution in [0, 0.1) is 5.92 Å². The van der Waals surface area contributed by atoms with E-state index in [9.17, 15) is 4.79 Å². The minimum atomic E-state index is -0.0526. The molecule has 0 aromatic heterocycles. The minimum absolute atomic E-state index is 0.0526. The molecular weight excluding hydrogens is 266 g/mol. The quantitative estimate of drug-likeness (QED) is 0.856. The van der Waals surface area contributed by atoms with Crippen LogP contribution < -0.4 is 4.74 Å². The van der Waals surface area contributed by atoms with Gasteiger partial charge >= 0.3 is 0 Å². The molecule has 1 aromatic carbocycles. The second-order valence-corrected chi connectivity index (χ2v) is 6.09. The number of benzene rings is 1. The van der Waals surface area contributed by atoms with Crippen molar-refractivity contribution >= 4 is 5.91 Å². The maximum Gasteiger partial charge on any atom is 0.223 e. The van der Waals surface area contributed by atoms with Crippen molar-refractivity contribution in [1.29, 1.82) is 0 Å². The van der Waals surface area contributed by atoms with E-state index in [-0.39, 0.29) is 18.1 Å². The molecule has 1 aliphatic rings. The third kappa shape index (κ3) is 3.97. The summed E-state index contributed by atoms with van der Waals surface area (Å²) in [5.41, 5.74) is 1.09. The van der Waals surface area contributed by atoms with E-state index >= 15 is 0 Å². The van der Waals surface area contributed by atoms with Crippen molar-refractivity contribution in [3.63, 3.8) is 0 Å². The number of methoxy groups -OCH3 is 1. The molecular formula is C17H25NO3. The Balaban J connectivity index is 2.06. The van der Waals surface area contributed by atoms with Crippen molar-refractivity contribution in [1.82, 2.24) is 4.90 Å². The van der Waals surface area contributed by atoms with Crippen molar-refractivity contribution in [2.24, 2.45) is 5.92 Å². The number of morpholine rings is 1. The van der Waals surface area contributed by atoms with Gasteiger partial charge in [-0.25, -0.2) is 0 Å². The van der Waals surface area contributed by atoms with Gasteiger partial charge < -0.3 is 14.4 Å². The summed E-state index contributed by atoms with van der Waals surface area (Å²) in [7, 11) is 1.65. The fourth-order valence-electron chi connectivity index (χ4n) is 2.59. The highest BCUT2D eigenvalue weighted by Gasteiger charge is 2.30. The molecule has 4 nitrogen and oxygen atoms in total. The van der Waals surface area contributed by atoms with E-state index in [0.717, 1.165) is 11.3 Å². The van der Waals surface area contributed by atoms with Crippen LogP contribution in [0.15, 0.2) is 24.3 Å². The van der Waals surface area contributed by atoms with Crippen molar-refractivity contribution in [3.05, 3.63) is 29.8 Å². The van der Waals surface area contributed by atoms with Crippen LogP contribution in [0.1, 0.15) is 38.9 Å². The maximum absolute atomic E-state index is 12.3. The molecule has 1 fully saturated rings. The Labute approximate surface area is 127 Å². The smallest absolute Gasteiger partial charge is 0.223 e. The van der Waals surface area contributed by atoms with E-state index in [1.165, 1.54) is 0 Å². The fourth-order valence-corrected chi connectivity index (χ4v) is 2.59. The molecule has 1 amide bonds. The number of hydrogen-bond donors (Lipinski definition) is 0. The van der Waals surface area contributed by atoms with Gasteiger partial charge in [0, 0.05) is 6.42 Å². The average molecular weight is 291 g/mol. The molecule has 1 heterocycles. The van der Waals surface area contributed by atoms with Crippen LogP contribution in [0.4, 0.5) is 0 Å².